The second-order valence-electron chi connectivity index (χ2n) is 6.37. The predicted molar refractivity (Wildman–Crippen MR) is 122 cm³/mol. The van der Waals surface area contributed by atoms with E-state index in [1.807, 2.05) is 7.05 Å². The Morgan fingerprint density at radius 1 is 0.545 bits per heavy atom. The maximum Gasteiger partial charge on any atom is 0.330 e. The van der Waals surface area contributed by atoms with E-state index in [2.05, 4.69) is 11.9 Å². The summed E-state index contributed by atoms with van der Waals surface area (Å²) >= 11 is 0. The highest BCUT2D eigenvalue weighted by molar-refractivity contribution is 5.81. The van der Waals surface area contributed by atoms with Gasteiger partial charge in [0.1, 0.15) is 6.61 Å². The molecule has 0 aliphatic rings. The van der Waals surface area contributed by atoms with Crippen molar-refractivity contribution in [2.45, 2.75) is 0 Å². The molecule has 0 rings (SSSR count). The molecule has 0 amide bonds. The molecule has 0 saturated heterocycles. The quantitative estimate of drug-likeness (QED) is 0.0930. The van der Waals surface area contributed by atoms with Gasteiger partial charge in [-0.2, -0.15) is 0 Å². The van der Waals surface area contributed by atoms with Gasteiger partial charge in [-0.25, -0.2) is 4.79 Å². The second kappa shape index (κ2) is 28.9. The Balaban J connectivity index is 3.02. The number of ether oxygens (including phenoxy) is 9. The SMILES string of the molecule is C=CC(=O)OCCOCCOCCOCCOCCOCCOCCOCCOCCNC. The van der Waals surface area contributed by atoms with Crippen molar-refractivity contribution in [2.75, 3.05) is 126 Å². The molecule has 0 aliphatic heterocycles. The minimum absolute atomic E-state index is 0.205. The predicted octanol–water partition coefficient (Wildman–Crippen LogP) is 0.0678. The van der Waals surface area contributed by atoms with Gasteiger partial charge in [-0.1, -0.05) is 6.58 Å². The van der Waals surface area contributed by atoms with E-state index in [-0.39, 0.29) is 6.61 Å². The Bertz CT molecular complexity index is 415. The van der Waals surface area contributed by atoms with Crippen LogP contribution in [0.1, 0.15) is 0 Å². The molecule has 0 heterocycles. The zero-order valence-corrected chi connectivity index (χ0v) is 20.1. The van der Waals surface area contributed by atoms with Crippen molar-refractivity contribution in [3.05, 3.63) is 12.7 Å². The van der Waals surface area contributed by atoms with Gasteiger partial charge in [0.25, 0.3) is 0 Å². The Labute approximate surface area is 197 Å². The van der Waals surface area contributed by atoms with Crippen LogP contribution in [0.5, 0.6) is 0 Å². The Morgan fingerprint density at radius 3 is 1.09 bits per heavy atom. The maximum absolute atomic E-state index is 10.8. The third-order valence-corrected chi connectivity index (χ3v) is 3.74. The normalized spacial score (nSPS) is 11.1. The van der Waals surface area contributed by atoms with Gasteiger partial charge in [-0.05, 0) is 7.05 Å². The number of carbonyl (C=O) groups excluding carboxylic acids is 1. The molecule has 0 aromatic carbocycles. The van der Waals surface area contributed by atoms with Crippen molar-refractivity contribution in [2.24, 2.45) is 0 Å². The van der Waals surface area contributed by atoms with Crippen LogP contribution in [0.3, 0.4) is 0 Å². The topological polar surface area (TPSA) is 112 Å². The van der Waals surface area contributed by atoms with Gasteiger partial charge >= 0.3 is 5.97 Å². The van der Waals surface area contributed by atoms with Crippen LogP contribution in [-0.4, -0.2) is 132 Å². The number of esters is 1. The fourth-order valence-corrected chi connectivity index (χ4v) is 2.08. The maximum atomic E-state index is 10.8. The minimum atomic E-state index is -0.455. The standard InChI is InChI=1S/C22H43NO10/c1-3-22(24)33-21-20-32-19-18-31-17-16-30-15-14-29-13-12-28-11-10-27-9-8-26-7-6-25-5-4-23-2/h3,23H,1,4-21H2,2H3. The van der Waals surface area contributed by atoms with Crippen LogP contribution in [0, 0.1) is 0 Å². The number of carbonyl (C=O) groups is 1. The molecule has 1 N–H and O–H groups in total. The van der Waals surface area contributed by atoms with Crippen molar-refractivity contribution in [3.8, 4) is 0 Å². The van der Waals surface area contributed by atoms with E-state index >= 15 is 0 Å². The van der Waals surface area contributed by atoms with Crippen molar-refractivity contribution < 1.29 is 47.4 Å². The largest absolute Gasteiger partial charge is 0.460 e. The molecule has 11 heteroatoms. The first kappa shape index (κ1) is 31.9. The summed E-state index contributed by atoms with van der Waals surface area (Å²) in [5.74, 6) is -0.455. The second-order valence-corrected chi connectivity index (χ2v) is 6.37. The fourth-order valence-electron chi connectivity index (χ4n) is 2.08. The molecule has 0 unspecified atom stereocenters. The van der Waals surface area contributed by atoms with E-state index < -0.39 is 5.97 Å². The Kier molecular flexibility index (Phi) is 27.9. The van der Waals surface area contributed by atoms with Crippen LogP contribution in [0.2, 0.25) is 0 Å². The molecule has 33 heavy (non-hydrogen) atoms. The van der Waals surface area contributed by atoms with Crippen molar-refractivity contribution in [1.82, 2.24) is 5.32 Å². The van der Waals surface area contributed by atoms with E-state index in [9.17, 15) is 4.79 Å². The molecular weight excluding hydrogens is 438 g/mol. The van der Waals surface area contributed by atoms with Crippen LogP contribution in [0.15, 0.2) is 12.7 Å². The molecule has 0 saturated carbocycles. The molecule has 11 nitrogen and oxygen atoms in total. The zero-order chi connectivity index (χ0) is 24.1. The van der Waals surface area contributed by atoms with E-state index in [1.54, 1.807) is 0 Å². The van der Waals surface area contributed by atoms with E-state index in [0.717, 1.165) is 12.6 Å². The van der Waals surface area contributed by atoms with Crippen LogP contribution >= 0.6 is 0 Å². The summed E-state index contributed by atoms with van der Waals surface area (Å²) in [7, 11) is 1.89. The van der Waals surface area contributed by atoms with Crippen molar-refractivity contribution in [3.63, 3.8) is 0 Å². The first-order chi connectivity index (χ1) is 16.3. The third kappa shape index (κ3) is 28.8. The third-order valence-electron chi connectivity index (χ3n) is 3.74. The minimum Gasteiger partial charge on any atom is -0.460 e. The summed E-state index contributed by atoms with van der Waals surface area (Å²) in [6, 6.07) is 0. The Hall–Kier alpha value is -1.15. The summed E-state index contributed by atoms with van der Waals surface area (Å²) in [6.45, 7) is 12.6. The summed E-state index contributed by atoms with van der Waals surface area (Å²) < 4.78 is 47.8. The summed E-state index contributed by atoms with van der Waals surface area (Å²) in [5, 5.41) is 3.01. The van der Waals surface area contributed by atoms with E-state index in [1.165, 1.54) is 0 Å². The van der Waals surface area contributed by atoms with Gasteiger partial charge in [0.05, 0.1) is 106 Å². The molecule has 0 radical (unpaired) electrons. The lowest BCUT2D eigenvalue weighted by atomic mass is 10.6. The average molecular weight is 482 g/mol. The number of hydrogen-bond acceptors (Lipinski definition) is 11. The first-order valence-corrected chi connectivity index (χ1v) is 11.4. The first-order valence-electron chi connectivity index (χ1n) is 11.4. The smallest absolute Gasteiger partial charge is 0.330 e. The van der Waals surface area contributed by atoms with Crippen molar-refractivity contribution in [1.29, 1.82) is 0 Å². The van der Waals surface area contributed by atoms with Gasteiger partial charge < -0.3 is 47.9 Å². The van der Waals surface area contributed by atoms with Gasteiger partial charge in [0.15, 0.2) is 0 Å². The molecule has 0 aromatic rings. The number of rotatable bonds is 28. The number of nitrogens with one attached hydrogen (secondary N) is 1. The van der Waals surface area contributed by atoms with Gasteiger partial charge in [-0.3, -0.25) is 0 Å². The molecule has 0 fully saturated rings. The number of likely N-dealkylation sites (N-methyl/N-ethyl adjacent to an activating group) is 1. The monoisotopic (exact) mass is 481 g/mol. The average Bonchev–Trinajstić information content (AvgIpc) is 2.83. The molecular formula is C22H43NO10. The van der Waals surface area contributed by atoms with Gasteiger partial charge in [0.2, 0.25) is 0 Å². The molecule has 0 atom stereocenters. The van der Waals surface area contributed by atoms with Crippen LogP contribution in [0.25, 0.3) is 0 Å². The number of hydrogen-bond donors (Lipinski definition) is 1. The van der Waals surface area contributed by atoms with Crippen LogP contribution < -0.4 is 5.32 Å². The lowest BCUT2D eigenvalue weighted by molar-refractivity contribution is -0.139. The summed E-state index contributed by atoms with van der Waals surface area (Å²) in [6.07, 6.45) is 1.12. The van der Waals surface area contributed by atoms with E-state index in [4.69, 9.17) is 42.6 Å². The van der Waals surface area contributed by atoms with E-state index in [0.29, 0.717) is 106 Å². The van der Waals surface area contributed by atoms with Gasteiger partial charge in [0, 0.05) is 12.6 Å². The summed E-state index contributed by atoms with van der Waals surface area (Å²) in [5.41, 5.74) is 0. The lowest BCUT2D eigenvalue weighted by Gasteiger charge is -2.08. The molecule has 0 spiro atoms. The molecule has 196 valence electrons. The van der Waals surface area contributed by atoms with Gasteiger partial charge in [-0.15, -0.1) is 0 Å². The Morgan fingerprint density at radius 2 is 0.818 bits per heavy atom. The lowest BCUT2D eigenvalue weighted by Crippen LogP contribution is -2.17. The van der Waals surface area contributed by atoms with Crippen molar-refractivity contribution >= 4 is 5.97 Å². The fraction of sp³-hybridized carbons (Fsp3) is 0.864. The highest BCUT2D eigenvalue weighted by atomic mass is 16.6. The molecule has 0 bridgehead atoms. The van der Waals surface area contributed by atoms with Crippen LogP contribution in [0.4, 0.5) is 0 Å². The summed E-state index contributed by atoms with van der Waals surface area (Å²) in [4.78, 5) is 10.8. The molecule has 0 aliphatic carbocycles. The molecule has 0 aromatic heterocycles. The highest BCUT2D eigenvalue weighted by Crippen LogP contribution is 1.86. The zero-order valence-electron chi connectivity index (χ0n) is 20.1. The van der Waals surface area contributed by atoms with Crippen LogP contribution in [-0.2, 0) is 47.4 Å². The highest BCUT2D eigenvalue weighted by Gasteiger charge is 1.96.